The molecule has 0 unspecified atom stereocenters. The second-order valence-corrected chi connectivity index (χ2v) is 5.74. The van der Waals surface area contributed by atoms with Crippen LogP contribution in [-0.2, 0) is 12.8 Å². The Hall–Kier alpha value is -0.870. The standard InChI is InChI=1S/C12H15NO2S/c14-9-4-5-13(7-9)12(15)11-6-8-2-1-3-10(8)16-11/h6,9,14H,1-5,7H2/t9-/m1/s1. The van der Waals surface area contributed by atoms with E-state index in [1.807, 2.05) is 0 Å². The number of hydrogen-bond acceptors (Lipinski definition) is 3. The monoisotopic (exact) mass is 237 g/mol. The van der Waals surface area contributed by atoms with Gasteiger partial charge in [0.1, 0.15) is 0 Å². The summed E-state index contributed by atoms with van der Waals surface area (Å²) in [6, 6.07) is 2.06. The third kappa shape index (κ3) is 1.66. The number of likely N-dealkylation sites (tertiary alicyclic amines) is 1. The Bertz CT molecular complexity index is 405. The molecular weight excluding hydrogens is 222 g/mol. The second-order valence-electron chi connectivity index (χ2n) is 4.61. The van der Waals surface area contributed by atoms with Crippen molar-refractivity contribution in [3.63, 3.8) is 0 Å². The van der Waals surface area contributed by atoms with E-state index in [1.165, 1.54) is 16.9 Å². The molecule has 0 spiro atoms. The molecule has 1 atom stereocenters. The highest BCUT2D eigenvalue weighted by Gasteiger charge is 2.27. The Morgan fingerprint density at radius 1 is 1.50 bits per heavy atom. The molecule has 1 amide bonds. The number of β-amino-alcohol motifs (C(OH)–C–C–N with tert-alkyl or cyclic N) is 1. The lowest BCUT2D eigenvalue weighted by Crippen LogP contribution is -2.28. The lowest BCUT2D eigenvalue weighted by atomic mass is 10.2. The summed E-state index contributed by atoms with van der Waals surface area (Å²) in [5.74, 6) is 0.107. The number of amides is 1. The van der Waals surface area contributed by atoms with Gasteiger partial charge in [-0.1, -0.05) is 0 Å². The minimum atomic E-state index is -0.323. The summed E-state index contributed by atoms with van der Waals surface area (Å²) in [4.78, 5) is 16.1. The summed E-state index contributed by atoms with van der Waals surface area (Å²) < 4.78 is 0. The van der Waals surface area contributed by atoms with E-state index in [4.69, 9.17) is 0 Å². The molecule has 1 aliphatic carbocycles. The fourth-order valence-corrected chi connectivity index (χ4v) is 3.74. The van der Waals surface area contributed by atoms with E-state index < -0.39 is 0 Å². The molecule has 2 heterocycles. The van der Waals surface area contributed by atoms with Gasteiger partial charge in [0.05, 0.1) is 11.0 Å². The highest BCUT2D eigenvalue weighted by Crippen LogP contribution is 2.31. The van der Waals surface area contributed by atoms with Gasteiger partial charge in [-0.3, -0.25) is 4.79 Å². The van der Waals surface area contributed by atoms with E-state index in [0.29, 0.717) is 13.1 Å². The van der Waals surface area contributed by atoms with Crippen LogP contribution < -0.4 is 0 Å². The SMILES string of the molecule is O=C(c1cc2c(s1)CCC2)N1CC[C@@H](O)C1. The molecule has 3 rings (SSSR count). The molecule has 1 aromatic rings. The zero-order valence-corrected chi connectivity index (χ0v) is 9.92. The topological polar surface area (TPSA) is 40.5 Å². The Labute approximate surface area is 98.7 Å². The van der Waals surface area contributed by atoms with Crippen molar-refractivity contribution in [3.05, 3.63) is 21.4 Å². The number of nitrogens with zero attached hydrogens (tertiary/aromatic N) is 1. The third-order valence-electron chi connectivity index (χ3n) is 3.41. The molecule has 0 aromatic carbocycles. The molecule has 1 aromatic heterocycles. The van der Waals surface area contributed by atoms with Crippen molar-refractivity contribution in [1.82, 2.24) is 4.90 Å². The fraction of sp³-hybridized carbons (Fsp3) is 0.583. The molecule has 4 heteroatoms. The number of fused-ring (bicyclic) bond motifs is 1. The number of aliphatic hydroxyl groups is 1. The van der Waals surface area contributed by atoms with Gasteiger partial charge < -0.3 is 10.0 Å². The number of aryl methyl sites for hydroxylation is 2. The van der Waals surface area contributed by atoms with E-state index in [1.54, 1.807) is 16.2 Å². The predicted molar refractivity (Wildman–Crippen MR) is 62.9 cm³/mol. The van der Waals surface area contributed by atoms with Crippen LogP contribution >= 0.6 is 11.3 Å². The number of thiophene rings is 1. The summed E-state index contributed by atoms with van der Waals surface area (Å²) in [5, 5.41) is 9.42. The van der Waals surface area contributed by atoms with Crippen molar-refractivity contribution in [2.45, 2.75) is 31.8 Å². The maximum atomic E-state index is 12.1. The normalized spacial score (nSPS) is 23.8. The first-order valence-electron chi connectivity index (χ1n) is 5.83. The Morgan fingerprint density at radius 2 is 2.38 bits per heavy atom. The maximum Gasteiger partial charge on any atom is 0.264 e. The quantitative estimate of drug-likeness (QED) is 0.803. The smallest absolute Gasteiger partial charge is 0.264 e. The first kappa shape index (κ1) is 10.3. The van der Waals surface area contributed by atoms with Gasteiger partial charge in [-0.25, -0.2) is 0 Å². The van der Waals surface area contributed by atoms with Crippen LogP contribution in [0, 0.1) is 0 Å². The number of aliphatic hydroxyl groups excluding tert-OH is 1. The maximum absolute atomic E-state index is 12.1. The Morgan fingerprint density at radius 3 is 3.06 bits per heavy atom. The summed E-state index contributed by atoms with van der Waals surface area (Å²) in [5.41, 5.74) is 1.37. The zero-order valence-electron chi connectivity index (χ0n) is 9.11. The third-order valence-corrected chi connectivity index (χ3v) is 4.63. The van der Waals surface area contributed by atoms with Crippen molar-refractivity contribution in [2.24, 2.45) is 0 Å². The van der Waals surface area contributed by atoms with Gasteiger partial charge in [0, 0.05) is 18.0 Å². The minimum Gasteiger partial charge on any atom is -0.391 e. The van der Waals surface area contributed by atoms with Gasteiger partial charge in [0.15, 0.2) is 0 Å². The van der Waals surface area contributed by atoms with Gasteiger partial charge in [0.25, 0.3) is 5.91 Å². The molecule has 86 valence electrons. The van der Waals surface area contributed by atoms with Crippen LogP contribution in [0.1, 0.15) is 33.0 Å². The number of carbonyl (C=O) groups excluding carboxylic acids is 1. The van der Waals surface area contributed by atoms with Gasteiger partial charge in [-0.05, 0) is 37.3 Å². The number of rotatable bonds is 1. The van der Waals surface area contributed by atoms with Gasteiger partial charge >= 0.3 is 0 Å². The first-order chi connectivity index (χ1) is 7.74. The van der Waals surface area contributed by atoms with Crippen molar-refractivity contribution in [3.8, 4) is 0 Å². The van der Waals surface area contributed by atoms with Crippen LogP contribution in [0.4, 0.5) is 0 Å². The van der Waals surface area contributed by atoms with E-state index in [-0.39, 0.29) is 12.0 Å². The largest absolute Gasteiger partial charge is 0.391 e. The molecule has 2 aliphatic rings. The highest BCUT2D eigenvalue weighted by atomic mass is 32.1. The predicted octanol–water partition coefficient (Wildman–Crippen LogP) is 1.44. The molecule has 1 N–H and O–H groups in total. The summed E-state index contributed by atoms with van der Waals surface area (Å²) in [6.45, 7) is 1.20. The van der Waals surface area contributed by atoms with Crippen LogP contribution in [0.5, 0.6) is 0 Å². The highest BCUT2D eigenvalue weighted by molar-refractivity contribution is 7.14. The number of hydrogen-bond donors (Lipinski definition) is 1. The summed E-state index contributed by atoms with van der Waals surface area (Å²) in [6.07, 6.45) is 3.89. The lowest BCUT2D eigenvalue weighted by Gasteiger charge is -2.13. The average molecular weight is 237 g/mol. The molecule has 1 fully saturated rings. The average Bonchev–Trinajstić information content (AvgIpc) is 2.89. The van der Waals surface area contributed by atoms with Crippen molar-refractivity contribution in [1.29, 1.82) is 0 Å². The van der Waals surface area contributed by atoms with Crippen LogP contribution in [0.2, 0.25) is 0 Å². The number of carbonyl (C=O) groups is 1. The summed E-state index contributed by atoms with van der Waals surface area (Å²) >= 11 is 1.65. The van der Waals surface area contributed by atoms with Crippen LogP contribution in [0.25, 0.3) is 0 Å². The van der Waals surface area contributed by atoms with Gasteiger partial charge in [0.2, 0.25) is 0 Å². The Balaban J connectivity index is 1.79. The van der Waals surface area contributed by atoms with Gasteiger partial charge in [-0.2, -0.15) is 0 Å². The van der Waals surface area contributed by atoms with Crippen molar-refractivity contribution < 1.29 is 9.90 Å². The molecule has 3 nitrogen and oxygen atoms in total. The molecule has 1 aliphatic heterocycles. The van der Waals surface area contributed by atoms with Crippen LogP contribution in [-0.4, -0.2) is 35.1 Å². The molecule has 0 radical (unpaired) electrons. The first-order valence-corrected chi connectivity index (χ1v) is 6.64. The van der Waals surface area contributed by atoms with Crippen LogP contribution in [0.15, 0.2) is 6.07 Å². The van der Waals surface area contributed by atoms with E-state index in [0.717, 1.165) is 24.1 Å². The zero-order chi connectivity index (χ0) is 11.1. The lowest BCUT2D eigenvalue weighted by molar-refractivity contribution is 0.0769. The molecular formula is C12H15NO2S. The van der Waals surface area contributed by atoms with E-state index in [9.17, 15) is 9.90 Å². The van der Waals surface area contributed by atoms with E-state index in [2.05, 4.69) is 6.07 Å². The molecule has 0 bridgehead atoms. The fourth-order valence-electron chi connectivity index (χ4n) is 2.52. The second kappa shape index (κ2) is 3.86. The Kier molecular flexibility index (Phi) is 2.48. The van der Waals surface area contributed by atoms with Crippen molar-refractivity contribution >= 4 is 17.2 Å². The van der Waals surface area contributed by atoms with Gasteiger partial charge in [-0.15, -0.1) is 11.3 Å². The molecule has 1 saturated heterocycles. The molecule has 16 heavy (non-hydrogen) atoms. The summed E-state index contributed by atoms with van der Waals surface area (Å²) in [7, 11) is 0. The minimum absolute atomic E-state index is 0.107. The van der Waals surface area contributed by atoms with Crippen molar-refractivity contribution in [2.75, 3.05) is 13.1 Å². The molecule has 0 saturated carbocycles. The van der Waals surface area contributed by atoms with Crippen LogP contribution in [0.3, 0.4) is 0 Å². The van der Waals surface area contributed by atoms with E-state index >= 15 is 0 Å².